The number of fused-ring (bicyclic) bond motifs is 1. The van der Waals surface area contributed by atoms with E-state index in [1.165, 1.54) is 38.0 Å². The summed E-state index contributed by atoms with van der Waals surface area (Å²) < 4.78 is 5.28. The first kappa shape index (κ1) is 14.8. The summed E-state index contributed by atoms with van der Waals surface area (Å²) in [4.78, 5) is 5.23. The molecule has 0 spiro atoms. The van der Waals surface area contributed by atoms with Gasteiger partial charge in [0.15, 0.2) is 0 Å². The molecule has 2 aliphatic rings. The Morgan fingerprint density at radius 1 is 1.33 bits per heavy atom. The van der Waals surface area contributed by atoms with Crippen molar-refractivity contribution in [3.8, 4) is 5.75 Å². The predicted octanol–water partition coefficient (Wildman–Crippen LogP) is 1.86. The smallest absolute Gasteiger partial charge is 0.124 e. The number of rotatable bonds is 4. The molecule has 1 aromatic rings. The topological polar surface area (TPSA) is 35.9 Å². The average molecular weight is 290 g/mol. The van der Waals surface area contributed by atoms with Crippen molar-refractivity contribution in [3.63, 3.8) is 0 Å². The van der Waals surface area contributed by atoms with Crippen LogP contribution in [0.25, 0.3) is 0 Å². The van der Waals surface area contributed by atoms with E-state index in [0.717, 1.165) is 23.9 Å². The van der Waals surface area contributed by atoms with E-state index >= 15 is 0 Å². The SMILES string of the molecule is COc1ccc(CN2CC3CCCN3C[C@@H]2C)cc1CO. The number of benzene rings is 1. The Labute approximate surface area is 127 Å². The van der Waals surface area contributed by atoms with Crippen LogP contribution in [0, 0.1) is 0 Å². The summed E-state index contributed by atoms with van der Waals surface area (Å²) in [7, 11) is 1.65. The van der Waals surface area contributed by atoms with Gasteiger partial charge < -0.3 is 9.84 Å². The van der Waals surface area contributed by atoms with Crippen molar-refractivity contribution in [1.82, 2.24) is 9.80 Å². The summed E-state index contributed by atoms with van der Waals surface area (Å²) in [6.45, 7) is 6.95. The molecule has 2 aliphatic heterocycles. The second kappa shape index (κ2) is 6.34. The van der Waals surface area contributed by atoms with Gasteiger partial charge in [-0.1, -0.05) is 6.07 Å². The van der Waals surface area contributed by atoms with E-state index in [1.807, 2.05) is 6.07 Å². The lowest BCUT2D eigenvalue weighted by Gasteiger charge is -2.42. The molecule has 0 saturated carbocycles. The summed E-state index contributed by atoms with van der Waals surface area (Å²) in [5.41, 5.74) is 2.14. The van der Waals surface area contributed by atoms with Gasteiger partial charge in [0, 0.05) is 37.3 Å². The lowest BCUT2D eigenvalue weighted by molar-refractivity contribution is 0.0540. The largest absolute Gasteiger partial charge is 0.496 e. The number of nitrogens with zero attached hydrogens (tertiary/aromatic N) is 2. The highest BCUT2D eigenvalue weighted by atomic mass is 16.5. The Balaban J connectivity index is 1.70. The van der Waals surface area contributed by atoms with E-state index in [-0.39, 0.29) is 6.61 Å². The van der Waals surface area contributed by atoms with Crippen LogP contribution in [0.5, 0.6) is 5.75 Å². The minimum atomic E-state index is 0.0307. The Morgan fingerprint density at radius 3 is 2.95 bits per heavy atom. The van der Waals surface area contributed by atoms with E-state index < -0.39 is 0 Å². The zero-order valence-corrected chi connectivity index (χ0v) is 13.1. The Kier molecular flexibility index (Phi) is 4.48. The molecule has 1 N–H and O–H groups in total. The standard InChI is InChI=1S/C17H26N2O2/c1-13-9-18-7-3-4-16(18)11-19(13)10-14-5-6-17(21-2)15(8-14)12-20/h5-6,8,13,16,20H,3-4,7,9-12H2,1-2H3/t13-,16?/m0/s1. The van der Waals surface area contributed by atoms with Gasteiger partial charge in [-0.05, 0) is 44.0 Å². The molecule has 21 heavy (non-hydrogen) atoms. The third-order valence-electron chi connectivity index (χ3n) is 4.97. The Bertz CT molecular complexity index is 492. The van der Waals surface area contributed by atoms with Crippen LogP contribution in [-0.4, -0.2) is 53.7 Å². The van der Waals surface area contributed by atoms with Crippen LogP contribution in [0.2, 0.25) is 0 Å². The first-order chi connectivity index (χ1) is 10.2. The molecule has 116 valence electrons. The maximum atomic E-state index is 9.45. The van der Waals surface area contributed by atoms with Gasteiger partial charge in [-0.25, -0.2) is 0 Å². The summed E-state index contributed by atoms with van der Waals surface area (Å²) in [6, 6.07) is 7.51. The highest BCUT2D eigenvalue weighted by Crippen LogP contribution is 2.27. The molecule has 0 aromatic heterocycles. The number of methoxy groups -OCH3 is 1. The second-order valence-corrected chi connectivity index (χ2v) is 6.37. The number of aliphatic hydroxyl groups is 1. The van der Waals surface area contributed by atoms with E-state index in [9.17, 15) is 5.11 Å². The minimum Gasteiger partial charge on any atom is -0.496 e. The van der Waals surface area contributed by atoms with Crippen LogP contribution in [0.4, 0.5) is 0 Å². The first-order valence-corrected chi connectivity index (χ1v) is 7.96. The molecule has 3 rings (SSSR count). The molecule has 2 fully saturated rings. The number of ether oxygens (including phenoxy) is 1. The highest BCUT2D eigenvalue weighted by Gasteiger charge is 2.34. The van der Waals surface area contributed by atoms with Gasteiger partial charge in [0.25, 0.3) is 0 Å². The van der Waals surface area contributed by atoms with Gasteiger partial charge in [-0.15, -0.1) is 0 Å². The molecule has 2 atom stereocenters. The zero-order chi connectivity index (χ0) is 14.8. The van der Waals surface area contributed by atoms with Crippen LogP contribution >= 0.6 is 0 Å². The molecule has 0 radical (unpaired) electrons. The van der Waals surface area contributed by atoms with Crippen LogP contribution < -0.4 is 4.74 Å². The molecule has 2 heterocycles. The Hall–Kier alpha value is -1.10. The zero-order valence-electron chi connectivity index (χ0n) is 13.1. The normalized spacial score (nSPS) is 26.8. The molecule has 4 heteroatoms. The lowest BCUT2D eigenvalue weighted by Crippen LogP contribution is -2.54. The molecule has 0 amide bonds. The summed E-state index contributed by atoms with van der Waals surface area (Å²) >= 11 is 0. The van der Waals surface area contributed by atoms with Gasteiger partial charge in [-0.3, -0.25) is 9.80 Å². The molecule has 0 aliphatic carbocycles. The number of aliphatic hydroxyl groups excluding tert-OH is 1. The molecule has 1 aromatic carbocycles. The van der Waals surface area contributed by atoms with Gasteiger partial charge in [0.1, 0.15) is 5.75 Å². The molecular weight excluding hydrogens is 264 g/mol. The maximum Gasteiger partial charge on any atom is 0.124 e. The predicted molar refractivity (Wildman–Crippen MR) is 83.4 cm³/mol. The summed E-state index contributed by atoms with van der Waals surface area (Å²) in [5.74, 6) is 0.773. The quantitative estimate of drug-likeness (QED) is 0.918. The van der Waals surface area contributed by atoms with Crippen LogP contribution in [0.3, 0.4) is 0 Å². The van der Waals surface area contributed by atoms with Crippen molar-refractivity contribution in [3.05, 3.63) is 29.3 Å². The number of hydrogen-bond acceptors (Lipinski definition) is 4. The van der Waals surface area contributed by atoms with E-state index in [0.29, 0.717) is 6.04 Å². The van der Waals surface area contributed by atoms with Gasteiger partial charge >= 0.3 is 0 Å². The first-order valence-electron chi connectivity index (χ1n) is 7.96. The third kappa shape index (κ3) is 3.07. The summed E-state index contributed by atoms with van der Waals surface area (Å²) in [5, 5.41) is 9.45. The van der Waals surface area contributed by atoms with Crippen molar-refractivity contribution in [2.24, 2.45) is 0 Å². The minimum absolute atomic E-state index is 0.0307. The Morgan fingerprint density at radius 2 is 2.19 bits per heavy atom. The average Bonchev–Trinajstić information content (AvgIpc) is 2.94. The van der Waals surface area contributed by atoms with Crippen LogP contribution in [0.15, 0.2) is 18.2 Å². The van der Waals surface area contributed by atoms with Crippen LogP contribution in [-0.2, 0) is 13.2 Å². The van der Waals surface area contributed by atoms with Crippen molar-refractivity contribution >= 4 is 0 Å². The highest BCUT2D eigenvalue weighted by molar-refractivity contribution is 5.36. The molecule has 0 bridgehead atoms. The monoisotopic (exact) mass is 290 g/mol. The van der Waals surface area contributed by atoms with E-state index in [4.69, 9.17) is 4.74 Å². The van der Waals surface area contributed by atoms with Crippen molar-refractivity contribution in [2.75, 3.05) is 26.7 Å². The fraction of sp³-hybridized carbons (Fsp3) is 0.647. The van der Waals surface area contributed by atoms with Crippen LogP contribution in [0.1, 0.15) is 30.9 Å². The van der Waals surface area contributed by atoms with Gasteiger partial charge in [0.2, 0.25) is 0 Å². The lowest BCUT2D eigenvalue weighted by atomic mass is 10.0. The third-order valence-corrected chi connectivity index (χ3v) is 4.97. The molecule has 2 saturated heterocycles. The molecular formula is C17H26N2O2. The molecule has 1 unspecified atom stereocenters. The van der Waals surface area contributed by atoms with Crippen molar-refractivity contribution in [1.29, 1.82) is 0 Å². The summed E-state index contributed by atoms with van der Waals surface area (Å²) in [6.07, 6.45) is 2.69. The number of hydrogen-bond donors (Lipinski definition) is 1. The number of piperazine rings is 1. The van der Waals surface area contributed by atoms with Gasteiger partial charge in [0.05, 0.1) is 13.7 Å². The maximum absolute atomic E-state index is 9.45. The van der Waals surface area contributed by atoms with E-state index in [1.54, 1.807) is 7.11 Å². The van der Waals surface area contributed by atoms with Gasteiger partial charge in [-0.2, -0.15) is 0 Å². The van der Waals surface area contributed by atoms with E-state index in [2.05, 4.69) is 28.9 Å². The van der Waals surface area contributed by atoms with Crippen molar-refractivity contribution in [2.45, 2.75) is 45.0 Å². The molecule has 4 nitrogen and oxygen atoms in total. The second-order valence-electron chi connectivity index (χ2n) is 6.37. The fourth-order valence-electron chi connectivity index (χ4n) is 3.76. The fourth-order valence-corrected chi connectivity index (χ4v) is 3.76. The van der Waals surface area contributed by atoms with Crippen molar-refractivity contribution < 1.29 is 9.84 Å².